The van der Waals surface area contributed by atoms with E-state index in [-0.39, 0.29) is 28.9 Å². The number of hydrogen-bond donors (Lipinski definition) is 5. The molecule has 0 bridgehead atoms. The standard InChI is InChI=1S/C51H46N10O8S2.2O3S/c1-28-19-43(29(2)18-42(28)55-54-41-17-10-35-24-37(13-16-39(35)51(41)62)53-27-69-38-14-11-36(52)12-15-38)56-57-44-20-31(4)45(21-30(44)3)58-59-46-22-33(6)47(23-32(46)5)60-61-48-26-40-34(25-50(48)71(66,67)68)8-7-9-49(40)70(63,64)65;2*1-4(2)3/h7-26,53,62H,27,52H2,1-6H3,(H,63,64,65)(H,66,67,68);;. The van der Waals surface area contributed by atoms with Crippen molar-refractivity contribution in [3.8, 4) is 11.5 Å². The Morgan fingerprint density at radius 3 is 1.27 bits per heavy atom. The van der Waals surface area contributed by atoms with Crippen molar-refractivity contribution in [2.24, 2.45) is 40.9 Å². The number of aromatic hydroxyl groups is 1. The van der Waals surface area contributed by atoms with E-state index < -0.39 is 51.2 Å². The molecule has 0 aliphatic rings. The molecule has 79 heavy (non-hydrogen) atoms. The van der Waals surface area contributed by atoms with E-state index in [0.29, 0.717) is 67.8 Å². The van der Waals surface area contributed by atoms with Gasteiger partial charge in [0.15, 0.2) is 12.5 Å². The largest absolute Gasteiger partial charge is 0.505 e. The first-order valence-corrected chi connectivity index (χ1v) is 27.6. The quantitative estimate of drug-likeness (QED) is 0.0292. The number of benzene rings is 8. The highest BCUT2D eigenvalue weighted by Crippen LogP contribution is 2.40. The smallest absolute Gasteiger partial charge is 0.425 e. The summed E-state index contributed by atoms with van der Waals surface area (Å²) in [4.78, 5) is -1.05. The van der Waals surface area contributed by atoms with Crippen LogP contribution in [0.3, 0.4) is 0 Å². The molecule has 0 radical (unpaired) electrons. The minimum absolute atomic E-state index is 0.0112. The lowest BCUT2D eigenvalue weighted by molar-refractivity contribution is 0.347. The van der Waals surface area contributed by atoms with Gasteiger partial charge in [0.2, 0.25) is 0 Å². The second-order valence-corrected chi connectivity index (χ2v) is 20.7. The highest BCUT2D eigenvalue weighted by atomic mass is 32.2. The molecule has 28 heteroatoms. The lowest BCUT2D eigenvalue weighted by atomic mass is 10.1. The van der Waals surface area contributed by atoms with Crippen LogP contribution in [0.1, 0.15) is 33.4 Å². The molecule has 0 saturated carbocycles. The van der Waals surface area contributed by atoms with Crippen LogP contribution in [0.4, 0.5) is 56.9 Å². The zero-order valence-electron chi connectivity index (χ0n) is 42.4. The summed E-state index contributed by atoms with van der Waals surface area (Å²) >= 11 is 0. The second-order valence-electron chi connectivity index (χ2n) is 17.1. The molecule has 0 fully saturated rings. The summed E-state index contributed by atoms with van der Waals surface area (Å²) in [6.07, 6.45) is 0. The summed E-state index contributed by atoms with van der Waals surface area (Å²) in [5, 5.41) is 51.2. The minimum Gasteiger partial charge on any atom is -0.505 e. The predicted octanol–water partition coefficient (Wildman–Crippen LogP) is 12.7. The topological polar surface area (TPSA) is 378 Å². The highest BCUT2D eigenvalue weighted by Gasteiger charge is 2.21. The van der Waals surface area contributed by atoms with Gasteiger partial charge in [0.05, 0.1) is 34.1 Å². The van der Waals surface area contributed by atoms with E-state index in [2.05, 4.69) is 46.2 Å². The first kappa shape index (κ1) is 59.2. The van der Waals surface area contributed by atoms with Crippen LogP contribution < -0.4 is 15.8 Å². The number of rotatable bonds is 14. The zero-order valence-corrected chi connectivity index (χ0v) is 45.6. The Kier molecular flexibility index (Phi) is 19.0. The third-order valence-corrected chi connectivity index (χ3v) is 13.2. The molecule has 0 aliphatic carbocycles. The Morgan fingerprint density at radius 2 is 0.848 bits per heavy atom. The number of aryl methyl sites for hydroxylation is 6. The van der Waals surface area contributed by atoms with Gasteiger partial charge in [-0.15, -0.1) is 35.5 Å². The molecule has 0 aliphatic heterocycles. The molecule has 0 atom stereocenters. The number of nitrogens with one attached hydrogen (secondary N) is 1. The maximum Gasteiger partial charge on any atom is 0.425 e. The molecule has 0 amide bonds. The minimum atomic E-state index is -4.81. The Hall–Kier alpha value is -9.06. The molecule has 0 spiro atoms. The van der Waals surface area contributed by atoms with Crippen LogP contribution in [-0.2, 0) is 41.5 Å². The van der Waals surface area contributed by atoms with Gasteiger partial charge in [0, 0.05) is 22.1 Å². The van der Waals surface area contributed by atoms with E-state index in [1.165, 1.54) is 12.1 Å². The van der Waals surface area contributed by atoms with Crippen LogP contribution in [0.15, 0.2) is 172 Å². The number of phenolic OH excluding ortho intramolecular Hbond substituents is 1. The molecular formula is C51H46N10O14S4. The van der Waals surface area contributed by atoms with Crippen molar-refractivity contribution in [2.45, 2.75) is 51.3 Å². The van der Waals surface area contributed by atoms with Gasteiger partial charge in [-0.1, -0.05) is 18.2 Å². The zero-order chi connectivity index (χ0) is 57.9. The SMILES string of the molecule is Cc1cc(N=Nc2cc(C)c(N=Nc3ccc4cc(NCOc5ccc(N)cc5)ccc4c3O)cc2C)c(C)cc1N=Nc1cc(C)c(N=Nc2cc3c(S(=O)(=O)O)cccc3cc2S(=O)(=O)O)cc1C.O=S(=O)=O.O=S(=O)=O. The van der Waals surface area contributed by atoms with Crippen LogP contribution in [0.2, 0.25) is 0 Å². The fourth-order valence-corrected chi connectivity index (χ4v) is 8.81. The Bertz CT molecular complexity index is 4260. The van der Waals surface area contributed by atoms with Crippen LogP contribution in [-0.4, -0.2) is 63.0 Å². The van der Waals surface area contributed by atoms with Crippen molar-refractivity contribution in [2.75, 3.05) is 17.8 Å². The van der Waals surface area contributed by atoms with Gasteiger partial charge in [0.25, 0.3) is 20.2 Å². The first-order valence-electron chi connectivity index (χ1n) is 22.7. The second kappa shape index (κ2) is 25.4. The van der Waals surface area contributed by atoms with Crippen molar-refractivity contribution >= 4 is 120 Å². The molecule has 6 N–H and O–H groups in total. The number of phenols is 1. The monoisotopic (exact) mass is 1150 g/mol. The highest BCUT2D eigenvalue weighted by molar-refractivity contribution is 7.86. The van der Waals surface area contributed by atoms with Gasteiger partial charge < -0.3 is 20.9 Å². The lowest BCUT2D eigenvalue weighted by Crippen LogP contribution is -2.08. The fourth-order valence-electron chi connectivity index (χ4n) is 7.47. The predicted molar refractivity (Wildman–Crippen MR) is 293 cm³/mol. The van der Waals surface area contributed by atoms with Gasteiger partial charge in [-0.2, -0.15) is 47.5 Å². The fraction of sp³-hybridized carbons (Fsp3) is 0.137. The molecule has 8 aromatic carbocycles. The van der Waals surface area contributed by atoms with E-state index in [0.717, 1.165) is 51.5 Å². The number of azo groups is 4. The molecule has 0 unspecified atom stereocenters. The number of hydrogen-bond acceptors (Lipinski definition) is 22. The summed E-state index contributed by atoms with van der Waals surface area (Å²) in [5.41, 5.74) is 15.1. The third kappa shape index (κ3) is 16.0. The molecule has 8 aromatic rings. The Labute approximate surface area is 454 Å². The summed E-state index contributed by atoms with van der Waals surface area (Å²) in [6.45, 7) is 11.4. The van der Waals surface area contributed by atoms with Gasteiger partial charge in [0.1, 0.15) is 26.9 Å². The maximum atomic E-state index is 12.3. The van der Waals surface area contributed by atoms with Crippen molar-refractivity contribution in [1.29, 1.82) is 0 Å². The van der Waals surface area contributed by atoms with Gasteiger partial charge >= 0.3 is 21.2 Å². The lowest BCUT2D eigenvalue weighted by Gasteiger charge is -2.11. The van der Waals surface area contributed by atoms with Gasteiger partial charge in [-0.25, -0.2) is 0 Å². The van der Waals surface area contributed by atoms with E-state index in [1.54, 1.807) is 56.3 Å². The normalized spacial score (nSPS) is 11.7. The van der Waals surface area contributed by atoms with E-state index in [9.17, 15) is 31.0 Å². The number of nitrogens with zero attached hydrogens (tertiary/aromatic N) is 8. The Balaban J connectivity index is 0.00000118. The molecule has 24 nitrogen and oxygen atoms in total. The summed E-state index contributed by atoms with van der Waals surface area (Å²) < 4.78 is 125. The summed E-state index contributed by atoms with van der Waals surface area (Å²) in [5.74, 6) is 0.703. The number of nitrogens with two attached hydrogens (primary N) is 1. The van der Waals surface area contributed by atoms with Crippen molar-refractivity contribution in [1.82, 2.24) is 0 Å². The van der Waals surface area contributed by atoms with E-state index in [1.807, 2.05) is 76.2 Å². The molecule has 0 saturated heterocycles. The van der Waals surface area contributed by atoms with Crippen LogP contribution in [0.25, 0.3) is 21.5 Å². The number of ether oxygens (including phenoxy) is 1. The van der Waals surface area contributed by atoms with E-state index in [4.69, 9.17) is 35.7 Å². The van der Waals surface area contributed by atoms with E-state index >= 15 is 0 Å². The maximum absolute atomic E-state index is 12.3. The molecule has 408 valence electrons. The number of nitrogen functional groups attached to an aromatic ring is 1. The average molecular weight is 1150 g/mol. The van der Waals surface area contributed by atoms with Crippen molar-refractivity contribution in [3.63, 3.8) is 0 Å². The molecule has 0 aromatic heterocycles. The van der Waals surface area contributed by atoms with Crippen LogP contribution >= 0.6 is 0 Å². The van der Waals surface area contributed by atoms with Crippen LogP contribution in [0, 0.1) is 41.5 Å². The van der Waals surface area contributed by atoms with Crippen molar-refractivity contribution < 1.29 is 61.0 Å². The number of anilines is 2. The first-order chi connectivity index (χ1) is 37.2. The molecule has 0 heterocycles. The summed E-state index contributed by atoms with van der Waals surface area (Å²) in [7, 11) is -15.7. The summed E-state index contributed by atoms with van der Waals surface area (Å²) in [6, 6.07) is 33.3. The van der Waals surface area contributed by atoms with Crippen molar-refractivity contribution in [3.05, 3.63) is 155 Å². The van der Waals surface area contributed by atoms with Gasteiger partial charge in [-0.05, 0) is 189 Å². The molecular weight excluding hydrogens is 1100 g/mol. The molecule has 8 rings (SSSR count). The van der Waals surface area contributed by atoms with Gasteiger partial charge in [-0.3, -0.25) is 9.11 Å². The average Bonchev–Trinajstić information content (AvgIpc) is 3.37. The Morgan fingerprint density at radius 1 is 0.456 bits per heavy atom. The third-order valence-electron chi connectivity index (χ3n) is 11.4. The van der Waals surface area contributed by atoms with Crippen LogP contribution in [0.5, 0.6) is 11.5 Å². The number of fused-ring (bicyclic) bond motifs is 2.